The molecule has 0 aromatic carbocycles. The Kier molecular flexibility index (Phi) is 73.6. The molecule has 2 unspecified atom stereocenters. The molecule has 0 aromatic rings. The van der Waals surface area contributed by atoms with Crippen LogP contribution in [0.4, 0.5) is 0 Å². The van der Waals surface area contributed by atoms with Crippen LogP contribution in [0.2, 0.25) is 0 Å². The van der Waals surface area contributed by atoms with Gasteiger partial charge in [-0.2, -0.15) is 0 Å². The summed E-state index contributed by atoms with van der Waals surface area (Å²) in [6.45, 7) is 3.20. The SMILES string of the molecule is CCCCC/C=C\C/C=C\C/C=C\C/C=C\CCCC(=O)OC[C@H](COP(=O)(O)OC[C@H](O)COP(=O)(O)OC[C@@H](COC(=O)CCC/C=C\C/C=C\C/C=C\C/C=C\CCCCC)OC(=O)CCC/C=C\C/C=C\C/C=C\C/C=C\CCCCC)OCCCCCCC/C=C\CCCCCCC=O. The fourth-order valence-corrected chi connectivity index (χ4v) is 11.4. The van der Waals surface area contributed by atoms with E-state index >= 15 is 0 Å². The van der Waals surface area contributed by atoms with Crippen LogP contribution in [-0.2, 0) is 65.4 Å². The van der Waals surface area contributed by atoms with Gasteiger partial charge < -0.3 is 38.6 Å². The van der Waals surface area contributed by atoms with Gasteiger partial charge in [-0.1, -0.05) is 249 Å². The first-order valence-corrected chi connectivity index (χ1v) is 42.7. The summed E-state index contributed by atoms with van der Waals surface area (Å²) in [5, 5.41) is 10.6. The molecule has 0 bridgehead atoms. The lowest BCUT2D eigenvalue weighted by Crippen LogP contribution is -2.30. The second-order valence-electron chi connectivity index (χ2n) is 25.9. The van der Waals surface area contributed by atoms with Crippen LogP contribution < -0.4 is 0 Å². The molecule has 0 amide bonds. The molecule has 0 fully saturated rings. The molecule has 17 nitrogen and oxygen atoms in total. The molecular weight excluding hydrogens is 1350 g/mol. The molecule has 592 valence electrons. The quantitative estimate of drug-likeness (QED) is 0.0128. The summed E-state index contributed by atoms with van der Waals surface area (Å²) in [6.07, 6.45) is 90.3. The number of rotatable bonds is 75. The Morgan fingerprint density at radius 1 is 0.308 bits per heavy atom. The molecular formula is C85H140O17P2. The average Bonchev–Trinajstić information content (AvgIpc) is 0.910. The summed E-state index contributed by atoms with van der Waals surface area (Å²) in [5.74, 6) is -1.66. The summed E-state index contributed by atoms with van der Waals surface area (Å²) in [7, 11) is -9.87. The molecule has 0 aromatic heterocycles. The van der Waals surface area contributed by atoms with Crippen molar-refractivity contribution in [1.29, 1.82) is 0 Å². The van der Waals surface area contributed by atoms with Gasteiger partial charge in [0.2, 0.25) is 0 Å². The number of phosphoric acid groups is 2. The average molecular weight is 1500 g/mol. The van der Waals surface area contributed by atoms with Crippen LogP contribution in [0.1, 0.15) is 290 Å². The summed E-state index contributed by atoms with van der Waals surface area (Å²) >= 11 is 0. The number of ether oxygens (including phenoxy) is 4. The van der Waals surface area contributed by atoms with Gasteiger partial charge in [-0.3, -0.25) is 32.5 Å². The first-order chi connectivity index (χ1) is 50.8. The van der Waals surface area contributed by atoms with Gasteiger partial charge in [0, 0.05) is 32.3 Å². The van der Waals surface area contributed by atoms with Gasteiger partial charge in [0.05, 0.1) is 26.4 Å². The number of hydrogen-bond donors (Lipinski definition) is 3. The number of aliphatic hydroxyl groups is 1. The van der Waals surface area contributed by atoms with Crippen LogP contribution >= 0.6 is 15.6 Å². The molecule has 0 saturated carbocycles. The Bertz CT molecular complexity index is 2560. The Hall–Kier alpha value is -5.16. The van der Waals surface area contributed by atoms with Crippen molar-refractivity contribution in [1.82, 2.24) is 0 Å². The van der Waals surface area contributed by atoms with Crippen molar-refractivity contribution in [2.45, 2.75) is 309 Å². The largest absolute Gasteiger partial charge is 0.472 e. The fraction of sp³-hybridized carbons (Fsp3) is 0.647. The zero-order valence-corrected chi connectivity index (χ0v) is 66.2. The maximum atomic E-state index is 13.1. The lowest BCUT2D eigenvalue weighted by molar-refractivity contribution is -0.161. The second-order valence-corrected chi connectivity index (χ2v) is 28.8. The Morgan fingerprint density at radius 2 is 0.567 bits per heavy atom. The smallest absolute Gasteiger partial charge is 0.463 e. The fourth-order valence-electron chi connectivity index (χ4n) is 9.86. The summed E-state index contributed by atoms with van der Waals surface area (Å²) in [4.78, 5) is 70.4. The first-order valence-electron chi connectivity index (χ1n) is 39.7. The van der Waals surface area contributed by atoms with Crippen LogP contribution in [0.15, 0.2) is 158 Å². The van der Waals surface area contributed by atoms with Crippen molar-refractivity contribution in [3.63, 3.8) is 0 Å². The third-order valence-electron chi connectivity index (χ3n) is 16.0. The van der Waals surface area contributed by atoms with Crippen molar-refractivity contribution >= 4 is 39.8 Å². The minimum absolute atomic E-state index is 0.0120. The summed E-state index contributed by atoms with van der Waals surface area (Å²) in [5.41, 5.74) is 0. The van der Waals surface area contributed by atoms with E-state index in [1.165, 1.54) is 57.8 Å². The number of carbonyl (C=O) groups excluding carboxylic acids is 4. The summed E-state index contributed by atoms with van der Waals surface area (Å²) < 4.78 is 69.1. The highest BCUT2D eigenvalue weighted by atomic mass is 31.2. The van der Waals surface area contributed by atoms with E-state index in [1.807, 2.05) is 30.4 Å². The van der Waals surface area contributed by atoms with Crippen molar-refractivity contribution in [2.75, 3.05) is 46.2 Å². The van der Waals surface area contributed by atoms with Gasteiger partial charge in [0.1, 0.15) is 31.7 Å². The standard InChI is InChI=1S/C85H140O17P2/c1-4-7-10-13-16-19-22-25-28-31-34-39-44-49-54-59-64-69-83(88)96-76-81(95-73-68-63-58-53-48-43-38-37-42-47-52-57-62-67-72-86)78-100-103(91,92)98-74-80(87)75-99-104(93,94)101-79-82(102-85(90)71-66-61-56-51-46-41-36-33-30-27-24-21-18-15-12-9-6-3)77-97-84(89)70-65-60-55-50-45-40-35-32-29-26-23-20-17-14-11-8-5-2/h16-21,25-30,34-41,49-51,54-56,72,80-82,87H,4-15,22-24,31-33,42-48,52-53,57-71,73-79H2,1-3H3,(H,91,92)(H,93,94)/b19-16-,20-17-,21-18-,28-25-,29-26-,30-27-,38-37-,39-34-,40-35-,41-36-,54-49-,55-50-,56-51-/t80-,81+,82+/m0/s1. The molecule has 0 rings (SSSR count). The van der Waals surface area contributed by atoms with E-state index in [-0.39, 0.29) is 32.5 Å². The van der Waals surface area contributed by atoms with Crippen LogP contribution in [0.3, 0.4) is 0 Å². The lowest BCUT2D eigenvalue weighted by atomic mass is 10.1. The van der Waals surface area contributed by atoms with Gasteiger partial charge in [-0.05, 0) is 173 Å². The van der Waals surface area contributed by atoms with E-state index in [1.54, 1.807) is 0 Å². The molecule has 0 radical (unpaired) electrons. The molecule has 5 atom stereocenters. The van der Waals surface area contributed by atoms with Gasteiger partial charge in [0.25, 0.3) is 0 Å². The minimum atomic E-state index is -4.98. The maximum Gasteiger partial charge on any atom is 0.472 e. The Labute approximate surface area is 629 Å². The number of esters is 3. The molecule has 19 heteroatoms. The predicted octanol–water partition coefficient (Wildman–Crippen LogP) is 22.9. The molecule has 0 aliphatic heterocycles. The number of hydrogen-bond acceptors (Lipinski definition) is 15. The molecule has 0 saturated heterocycles. The van der Waals surface area contributed by atoms with E-state index in [0.29, 0.717) is 51.4 Å². The first kappa shape index (κ1) is 98.8. The molecule has 0 aliphatic carbocycles. The van der Waals surface area contributed by atoms with E-state index < -0.39 is 84.9 Å². The van der Waals surface area contributed by atoms with Crippen molar-refractivity contribution < 1.29 is 80.2 Å². The van der Waals surface area contributed by atoms with Gasteiger partial charge in [0.15, 0.2) is 6.10 Å². The molecule has 104 heavy (non-hydrogen) atoms. The van der Waals surface area contributed by atoms with Crippen molar-refractivity contribution in [2.24, 2.45) is 0 Å². The number of phosphoric ester groups is 2. The van der Waals surface area contributed by atoms with E-state index in [2.05, 4.69) is 148 Å². The third-order valence-corrected chi connectivity index (χ3v) is 17.9. The van der Waals surface area contributed by atoms with Gasteiger partial charge >= 0.3 is 33.6 Å². The monoisotopic (exact) mass is 1490 g/mol. The van der Waals surface area contributed by atoms with Crippen LogP contribution in [-0.4, -0.2) is 104 Å². The highest BCUT2D eigenvalue weighted by Gasteiger charge is 2.30. The van der Waals surface area contributed by atoms with Gasteiger partial charge in [-0.15, -0.1) is 0 Å². The van der Waals surface area contributed by atoms with E-state index in [9.17, 15) is 43.2 Å². The number of allylic oxidation sites excluding steroid dienone is 26. The summed E-state index contributed by atoms with van der Waals surface area (Å²) in [6, 6.07) is 0. The third kappa shape index (κ3) is 76.5. The molecule has 0 aliphatic rings. The number of aliphatic hydroxyl groups excluding tert-OH is 1. The molecule has 3 N–H and O–H groups in total. The lowest BCUT2D eigenvalue weighted by Gasteiger charge is -2.21. The zero-order chi connectivity index (χ0) is 75.9. The molecule has 0 heterocycles. The topological polar surface area (TPSA) is 237 Å². The van der Waals surface area contributed by atoms with E-state index in [0.717, 1.165) is 148 Å². The second kappa shape index (κ2) is 77.5. The maximum absolute atomic E-state index is 13.1. The van der Waals surface area contributed by atoms with Crippen LogP contribution in [0, 0.1) is 0 Å². The number of aldehydes is 1. The normalized spacial score (nSPS) is 14.8. The van der Waals surface area contributed by atoms with Crippen LogP contribution in [0.25, 0.3) is 0 Å². The number of carbonyl (C=O) groups is 4. The van der Waals surface area contributed by atoms with Crippen molar-refractivity contribution in [3.8, 4) is 0 Å². The van der Waals surface area contributed by atoms with Crippen LogP contribution in [0.5, 0.6) is 0 Å². The Balaban J connectivity index is 5.46. The van der Waals surface area contributed by atoms with Gasteiger partial charge in [-0.25, -0.2) is 9.13 Å². The Morgan fingerprint density at radius 3 is 0.913 bits per heavy atom. The van der Waals surface area contributed by atoms with Crippen molar-refractivity contribution in [3.05, 3.63) is 158 Å². The number of unbranched alkanes of at least 4 members (excludes halogenated alkanes) is 22. The minimum Gasteiger partial charge on any atom is -0.463 e. The van der Waals surface area contributed by atoms with E-state index in [4.69, 9.17) is 37.0 Å². The predicted molar refractivity (Wildman–Crippen MR) is 427 cm³/mol. The highest BCUT2D eigenvalue weighted by molar-refractivity contribution is 7.47. The zero-order valence-electron chi connectivity index (χ0n) is 64.4. The highest BCUT2D eigenvalue weighted by Crippen LogP contribution is 2.45. The molecule has 0 spiro atoms.